The van der Waals surface area contributed by atoms with Crippen molar-refractivity contribution in [3.63, 3.8) is 0 Å². The maximum absolute atomic E-state index is 5.39. The number of morpholine rings is 1. The second-order valence-electron chi connectivity index (χ2n) is 4.39. The Morgan fingerprint density at radius 1 is 1.50 bits per heavy atom. The lowest BCUT2D eigenvalue weighted by molar-refractivity contribution is -0.00575. The predicted octanol–water partition coefficient (Wildman–Crippen LogP) is 1.55. The van der Waals surface area contributed by atoms with Gasteiger partial charge in [0.05, 0.1) is 26.0 Å². The molecule has 2 aromatic rings. The van der Waals surface area contributed by atoms with E-state index in [4.69, 9.17) is 13.7 Å². The van der Waals surface area contributed by atoms with Gasteiger partial charge in [-0.1, -0.05) is 5.16 Å². The highest BCUT2D eigenvalue weighted by Crippen LogP contribution is 2.18. The van der Waals surface area contributed by atoms with E-state index in [1.165, 1.54) is 0 Å². The van der Waals surface area contributed by atoms with Crippen LogP contribution in [0.15, 0.2) is 27.3 Å². The third-order valence-corrected chi connectivity index (χ3v) is 3.05. The van der Waals surface area contributed by atoms with Crippen LogP contribution in [0.25, 0.3) is 11.7 Å². The monoisotopic (exact) mass is 249 g/mol. The van der Waals surface area contributed by atoms with E-state index in [1.54, 1.807) is 18.4 Å². The highest BCUT2D eigenvalue weighted by Gasteiger charge is 2.21. The molecule has 3 heterocycles. The first-order chi connectivity index (χ1) is 8.83. The van der Waals surface area contributed by atoms with Crippen LogP contribution < -0.4 is 0 Å². The van der Waals surface area contributed by atoms with Crippen LogP contribution in [0.4, 0.5) is 0 Å². The fraction of sp³-hybridized carbons (Fsp3) is 0.500. The number of furan rings is 1. The van der Waals surface area contributed by atoms with Gasteiger partial charge in [0.1, 0.15) is 0 Å². The standard InChI is InChI=1S/C12H15N3O3/c1-9-8-16-6-4-15(9)7-11-13-12(18-14-11)10-3-2-5-17-10/h2-3,5,9H,4,6-8H2,1H3/t9-/m0/s1. The lowest BCUT2D eigenvalue weighted by Crippen LogP contribution is -2.43. The second-order valence-corrected chi connectivity index (χ2v) is 4.39. The molecule has 0 saturated carbocycles. The third-order valence-electron chi connectivity index (χ3n) is 3.05. The van der Waals surface area contributed by atoms with Gasteiger partial charge >= 0.3 is 0 Å². The Hall–Kier alpha value is -1.66. The van der Waals surface area contributed by atoms with Crippen molar-refractivity contribution in [2.45, 2.75) is 19.5 Å². The summed E-state index contributed by atoms with van der Waals surface area (Å²) in [6, 6.07) is 3.97. The summed E-state index contributed by atoms with van der Waals surface area (Å²) in [6.07, 6.45) is 1.59. The zero-order valence-corrected chi connectivity index (χ0v) is 10.2. The number of hydrogen-bond acceptors (Lipinski definition) is 6. The molecule has 1 fully saturated rings. The lowest BCUT2D eigenvalue weighted by Gasteiger charge is -2.31. The molecule has 0 bridgehead atoms. The first-order valence-corrected chi connectivity index (χ1v) is 6.01. The summed E-state index contributed by atoms with van der Waals surface area (Å²) >= 11 is 0. The molecule has 18 heavy (non-hydrogen) atoms. The van der Waals surface area contributed by atoms with Crippen molar-refractivity contribution in [3.05, 3.63) is 24.2 Å². The van der Waals surface area contributed by atoms with E-state index in [0.717, 1.165) is 19.8 Å². The number of aromatic nitrogens is 2. The number of nitrogens with zero attached hydrogens (tertiary/aromatic N) is 3. The van der Waals surface area contributed by atoms with Crippen LogP contribution >= 0.6 is 0 Å². The van der Waals surface area contributed by atoms with Gasteiger partial charge in [0.2, 0.25) is 0 Å². The Morgan fingerprint density at radius 3 is 3.22 bits per heavy atom. The fourth-order valence-electron chi connectivity index (χ4n) is 2.00. The SMILES string of the molecule is C[C@H]1COCCN1Cc1noc(-c2ccco2)n1. The molecule has 0 amide bonds. The van der Waals surface area contributed by atoms with Crippen LogP contribution in [0.1, 0.15) is 12.7 Å². The molecule has 1 saturated heterocycles. The molecule has 0 spiro atoms. The second kappa shape index (κ2) is 4.91. The summed E-state index contributed by atoms with van der Waals surface area (Å²) in [5, 5.41) is 3.97. The summed E-state index contributed by atoms with van der Waals surface area (Å²) in [5.41, 5.74) is 0. The number of hydrogen-bond donors (Lipinski definition) is 0. The lowest BCUT2D eigenvalue weighted by atomic mass is 10.2. The quantitative estimate of drug-likeness (QED) is 0.822. The van der Waals surface area contributed by atoms with Gasteiger partial charge in [-0.2, -0.15) is 4.98 Å². The Kier molecular flexibility index (Phi) is 3.12. The van der Waals surface area contributed by atoms with Crippen molar-refractivity contribution in [1.29, 1.82) is 0 Å². The average molecular weight is 249 g/mol. The minimum Gasteiger partial charge on any atom is -0.459 e. The van der Waals surface area contributed by atoms with Crippen LogP contribution in [0, 0.1) is 0 Å². The molecule has 0 N–H and O–H groups in total. The molecule has 6 heteroatoms. The highest BCUT2D eigenvalue weighted by atomic mass is 16.5. The summed E-state index contributed by atoms with van der Waals surface area (Å²) in [4.78, 5) is 6.61. The first kappa shape index (κ1) is 11.4. The molecule has 1 aliphatic heterocycles. The Bertz CT molecular complexity index is 494. The van der Waals surface area contributed by atoms with E-state index in [1.807, 2.05) is 0 Å². The largest absolute Gasteiger partial charge is 0.459 e. The smallest absolute Gasteiger partial charge is 0.293 e. The van der Waals surface area contributed by atoms with E-state index >= 15 is 0 Å². The molecule has 0 radical (unpaired) electrons. The first-order valence-electron chi connectivity index (χ1n) is 6.01. The van der Waals surface area contributed by atoms with Crippen molar-refractivity contribution >= 4 is 0 Å². The zero-order chi connectivity index (χ0) is 12.4. The van der Waals surface area contributed by atoms with Crippen molar-refractivity contribution in [3.8, 4) is 11.7 Å². The van der Waals surface area contributed by atoms with E-state index in [-0.39, 0.29) is 0 Å². The van der Waals surface area contributed by atoms with Crippen molar-refractivity contribution in [2.75, 3.05) is 19.8 Å². The van der Waals surface area contributed by atoms with Gasteiger partial charge in [-0.25, -0.2) is 0 Å². The molecule has 96 valence electrons. The summed E-state index contributed by atoms with van der Waals surface area (Å²) in [6.45, 7) is 5.21. The Balaban J connectivity index is 1.70. The van der Waals surface area contributed by atoms with Gasteiger partial charge in [-0.15, -0.1) is 0 Å². The average Bonchev–Trinajstić information content (AvgIpc) is 3.02. The van der Waals surface area contributed by atoms with Gasteiger partial charge in [0.15, 0.2) is 11.6 Å². The molecule has 0 aromatic carbocycles. The highest BCUT2D eigenvalue weighted by molar-refractivity contribution is 5.42. The number of rotatable bonds is 3. The van der Waals surface area contributed by atoms with Gasteiger partial charge in [-0.3, -0.25) is 4.90 Å². The van der Waals surface area contributed by atoms with Crippen LogP contribution in [0.3, 0.4) is 0 Å². The minimum absolute atomic E-state index is 0.379. The maximum Gasteiger partial charge on any atom is 0.293 e. The van der Waals surface area contributed by atoms with Crippen LogP contribution in [0.5, 0.6) is 0 Å². The molecule has 3 rings (SSSR count). The fourth-order valence-corrected chi connectivity index (χ4v) is 2.00. The van der Waals surface area contributed by atoms with Gasteiger partial charge < -0.3 is 13.7 Å². The summed E-state index contributed by atoms with van der Waals surface area (Å²) in [7, 11) is 0. The topological polar surface area (TPSA) is 64.5 Å². The third kappa shape index (κ3) is 2.30. The van der Waals surface area contributed by atoms with Gasteiger partial charge in [-0.05, 0) is 19.1 Å². The Labute approximate surface area is 105 Å². The number of ether oxygens (including phenoxy) is 1. The molecule has 0 unspecified atom stereocenters. The van der Waals surface area contributed by atoms with Crippen molar-refractivity contribution in [1.82, 2.24) is 15.0 Å². The van der Waals surface area contributed by atoms with Crippen LogP contribution in [0.2, 0.25) is 0 Å². The van der Waals surface area contributed by atoms with Gasteiger partial charge in [0, 0.05) is 12.6 Å². The molecule has 1 aliphatic rings. The van der Waals surface area contributed by atoms with E-state index in [2.05, 4.69) is 22.0 Å². The summed E-state index contributed by atoms with van der Waals surface area (Å²) in [5.74, 6) is 1.70. The molecule has 1 atom stereocenters. The Morgan fingerprint density at radius 2 is 2.44 bits per heavy atom. The van der Waals surface area contributed by atoms with E-state index < -0.39 is 0 Å². The molecular formula is C12H15N3O3. The van der Waals surface area contributed by atoms with E-state index in [9.17, 15) is 0 Å². The van der Waals surface area contributed by atoms with Crippen LogP contribution in [-0.4, -0.2) is 40.8 Å². The predicted molar refractivity (Wildman–Crippen MR) is 62.7 cm³/mol. The molecule has 0 aliphatic carbocycles. The van der Waals surface area contributed by atoms with E-state index in [0.29, 0.717) is 30.1 Å². The maximum atomic E-state index is 5.39. The normalized spacial score (nSPS) is 21.3. The minimum atomic E-state index is 0.379. The zero-order valence-electron chi connectivity index (χ0n) is 10.2. The van der Waals surface area contributed by atoms with Crippen LogP contribution in [-0.2, 0) is 11.3 Å². The molecule has 6 nitrogen and oxygen atoms in total. The van der Waals surface area contributed by atoms with Gasteiger partial charge in [0.25, 0.3) is 5.89 Å². The molecule has 2 aromatic heterocycles. The molecular weight excluding hydrogens is 234 g/mol. The van der Waals surface area contributed by atoms with Crippen molar-refractivity contribution < 1.29 is 13.7 Å². The summed E-state index contributed by atoms with van der Waals surface area (Å²) < 4.78 is 15.8. The van der Waals surface area contributed by atoms with Crippen molar-refractivity contribution in [2.24, 2.45) is 0 Å².